The summed E-state index contributed by atoms with van der Waals surface area (Å²) in [4.78, 5) is 179. The molecule has 48 heteroatoms. The molecule has 22 N–H and O–H groups in total. The van der Waals surface area contributed by atoms with Gasteiger partial charge >= 0.3 is 35.8 Å². The summed E-state index contributed by atoms with van der Waals surface area (Å²) in [6, 6.07) is 7.20. The highest BCUT2D eigenvalue weighted by atomic mass is 32.1. The molecule has 0 atom stereocenters. The zero-order valence-corrected chi connectivity index (χ0v) is 74.9. The molecule has 1 aromatic carbocycles. The van der Waals surface area contributed by atoms with Gasteiger partial charge in [0, 0.05) is 91.2 Å². The maximum atomic E-state index is 11.7. The van der Waals surface area contributed by atoms with Gasteiger partial charge in [0.05, 0.1) is 31.8 Å². The highest BCUT2D eigenvalue weighted by Gasteiger charge is 2.20. The smallest absolute Gasteiger partial charge is 0.333 e. The Labute approximate surface area is 756 Å². The van der Waals surface area contributed by atoms with Gasteiger partial charge in [0.15, 0.2) is 30.7 Å². The minimum atomic E-state index is -0.838. The largest absolute Gasteiger partial charge is 0.462 e. The van der Waals surface area contributed by atoms with Crippen LogP contribution < -0.4 is 87.6 Å². The molecule has 0 fully saturated rings. The Balaban J connectivity index is -0.000000462. The van der Waals surface area contributed by atoms with Crippen LogP contribution in [0.15, 0.2) is 136 Å². The summed E-state index contributed by atoms with van der Waals surface area (Å²) >= 11 is 27.1. The Kier molecular flexibility index (Phi) is 73.0. The molecule has 125 heavy (non-hydrogen) atoms. The van der Waals surface area contributed by atoms with E-state index in [1.165, 1.54) is 6.92 Å². The molecular formula is C77H112N16O26S6. The number of benzene rings is 1. The van der Waals surface area contributed by atoms with E-state index < -0.39 is 90.2 Å². The average Bonchev–Trinajstić information content (AvgIpc) is 0.882. The van der Waals surface area contributed by atoms with Crippen LogP contribution in [0.2, 0.25) is 0 Å². The Bertz CT molecular complexity index is 3820. The number of hydrogen-bond donors (Lipinski definition) is 16. The first-order chi connectivity index (χ1) is 58.5. The number of hydrogen-bond acceptors (Lipinski definition) is 32. The van der Waals surface area contributed by atoms with Crippen molar-refractivity contribution in [2.45, 2.75) is 104 Å². The number of esters is 6. The molecule has 0 spiro atoms. The first kappa shape index (κ1) is 121. The molecule has 0 aromatic heterocycles. The van der Waals surface area contributed by atoms with Crippen molar-refractivity contribution < 1.29 is 124 Å². The fraction of sp³-hybridized carbons (Fsp3) is 0.403. The summed E-state index contributed by atoms with van der Waals surface area (Å²) in [5.41, 5.74) is 34.2. The van der Waals surface area contributed by atoms with Gasteiger partial charge in [-0.1, -0.05) is 71.3 Å². The monoisotopic (exact) mass is 1870 g/mol. The molecule has 42 nitrogen and oxygen atoms in total. The molecule has 0 heterocycles. The molecule has 0 aliphatic heterocycles. The third-order valence-electron chi connectivity index (χ3n) is 13.1. The topological polar surface area (TPSA) is 642 Å². The van der Waals surface area contributed by atoms with E-state index in [9.17, 15) is 76.7 Å². The van der Waals surface area contributed by atoms with E-state index in [1.807, 2.05) is 12.1 Å². The van der Waals surface area contributed by atoms with Crippen LogP contribution in [-0.2, 0) is 126 Å². The Hall–Kier alpha value is -12.4. The molecule has 0 radical (unpaired) electrons. The summed E-state index contributed by atoms with van der Waals surface area (Å²) < 4.78 is 49.9. The fourth-order valence-electron chi connectivity index (χ4n) is 7.14. The van der Waals surface area contributed by atoms with Gasteiger partial charge in [-0.2, -0.15) is 0 Å². The number of amides is 10. The molecule has 0 bridgehead atoms. The molecule has 0 aliphatic carbocycles. The zero-order chi connectivity index (χ0) is 96.5. The van der Waals surface area contributed by atoms with Crippen LogP contribution in [0.3, 0.4) is 0 Å². The third-order valence-corrected chi connectivity index (χ3v) is 13.7. The number of nitrogens with two attached hydrogens (primary N) is 6. The Morgan fingerprint density at radius 1 is 0.360 bits per heavy atom. The van der Waals surface area contributed by atoms with Crippen LogP contribution in [0.25, 0.3) is 0 Å². The molecular weight excluding hydrogens is 1760 g/mol. The lowest BCUT2D eigenvalue weighted by Gasteiger charge is -2.19. The van der Waals surface area contributed by atoms with Crippen LogP contribution in [-0.4, -0.2) is 243 Å². The summed E-state index contributed by atoms with van der Waals surface area (Å²) in [6.45, 7) is 38.5. The number of unbranched alkanes of at least 4 members (excludes halogenated alkanes) is 2. The van der Waals surface area contributed by atoms with E-state index >= 15 is 0 Å². The van der Waals surface area contributed by atoms with Gasteiger partial charge in [-0.25, -0.2) is 24.0 Å². The summed E-state index contributed by atoms with van der Waals surface area (Å²) in [5, 5.41) is 22.9. The summed E-state index contributed by atoms with van der Waals surface area (Å²) in [7, 11) is 0. The van der Waals surface area contributed by atoms with E-state index in [4.69, 9.17) is 81.8 Å². The Morgan fingerprint density at radius 3 is 1.06 bits per heavy atom. The van der Waals surface area contributed by atoms with Crippen molar-refractivity contribution in [1.29, 1.82) is 0 Å². The van der Waals surface area contributed by atoms with Crippen LogP contribution in [0.4, 0.5) is 0 Å². The first-order valence-electron chi connectivity index (χ1n) is 36.5. The predicted molar refractivity (Wildman–Crippen MR) is 484 cm³/mol. The molecule has 692 valence electrons. The van der Waals surface area contributed by atoms with Gasteiger partial charge in [-0.15, -0.1) is 0 Å². The number of carbonyl (C=O) groups is 16. The number of aryl methyl sites for hydroxylation is 1. The number of rotatable bonds is 50. The molecule has 0 unspecified atom stereocenters. The second-order valence-electron chi connectivity index (χ2n) is 24.4. The lowest BCUT2D eigenvalue weighted by Crippen LogP contribution is -2.44. The van der Waals surface area contributed by atoms with E-state index in [2.05, 4.69) is 186 Å². The second kappa shape index (κ2) is 75.3. The molecule has 0 saturated carbocycles. The van der Waals surface area contributed by atoms with Crippen molar-refractivity contribution >= 4 is 199 Å². The fourth-order valence-corrected chi connectivity index (χ4v) is 7.80. The minimum Gasteiger partial charge on any atom is -0.462 e. The standard InChI is InChI=1S/C17H22N2O4S.C14H22N4O4S.C12H18N4O4S.C12H16N2O6S.C11H16N2O5S.C11H18N2O3S/c1-12(2)16(21)23-11-10-22-9-3-4-13-5-7-14(8-6-13)15(20)19-17(18)24;1-8(2)12(20)16-5-10(6-17-13(21)9(3)4)22-7-11(19)18-14(15)23;1-3-9(17)14-5-8(6-15-10(18)4-2)20-7-11(19)16-12(13)21;1-3-10(16)19-5-8(6-20-11(17)4-2)18-7-9(15)14-12(13)21;1-7(2)10(16)18-6-5-17-9(15)4-3-8(14)13-11(12)19;1-8(2)10(15)16-7-5-3-4-6-9(14)13-11(12)17/h5-8H,1,3-4,9-11H2,2H3,(H3,18,19,20,24);10H,1,3,5-7H2,2,4H3,(H,16,20)(H,17,21)(H3,15,18,19,23);3-4,8H,1-2,5-7H2,(H,14,17)(H,15,18)(H3,13,16,19,21);3-4,8H,1-2,5-7H2,(H3,13,14,15,21);1,3-6H2,2H3,(H3,12,13,14,19);1,3-7H2,2H3,(H3,12,13,14,17). The highest BCUT2D eigenvalue weighted by molar-refractivity contribution is 7.81. The predicted octanol–water partition coefficient (Wildman–Crippen LogP) is -0.815. The van der Waals surface area contributed by atoms with Gasteiger partial charge in [0.25, 0.3) is 23.6 Å². The summed E-state index contributed by atoms with van der Waals surface area (Å²) in [6.07, 6.45) is 6.10. The number of nitrogens with one attached hydrogen (secondary N) is 10. The third kappa shape index (κ3) is 79.8. The maximum Gasteiger partial charge on any atom is 0.333 e. The Morgan fingerprint density at radius 2 is 0.704 bits per heavy atom. The van der Waals surface area contributed by atoms with E-state index in [1.54, 1.807) is 39.8 Å². The number of ether oxygens (including phenoxy) is 10. The van der Waals surface area contributed by atoms with Crippen molar-refractivity contribution in [2.24, 2.45) is 34.4 Å². The van der Waals surface area contributed by atoms with Crippen LogP contribution >= 0.6 is 73.3 Å². The number of carbonyl (C=O) groups excluding carboxylic acids is 16. The van der Waals surface area contributed by atoms with Crippen molar-refractivity contribution in [2.75, 3.05) is 98.9 Å². The van der Waals surface area contributed by atoms with Crippen LogP contribution in [0, 0.1) is 0 Å². The quantitative estimate of drug-likeness (QED) is 0.0125. The molecule has 0 aliphatic rings. The molecule has 1 aromatic rings. The number of thiocarbonyl (C=S) groups is 6. The first-order valence-corrected chi connectivity index (χ1v) is 39.0. The van der Waals surface area contributed by atoms with Crippen molar-refractivity contribution in [3.63, 3.8) is 0 Å². The molecule has 1 rings (SSSR count). The van der Waals surface area contributed by atoms with Crippen molar-refractivity contribution in [3.8, 4) is 0 Å². The second-order valence-corrected chi connectivity index (χ2v) is 27.1. The van der Waals surface area contributed by atoms with Crippen LogP contribution in [0.5, 0.6) is 0 Å². The van der Waals surface area contributed by atoms with Gasteiger partial charge in [-0.05, 0) is 170 Å². The van der Waals surface area contributed by atoms with E-state index in [-0.39, 0.29) is 151 Å². The van der Waals surface area contributed by atoms with Gasteiger partial charge in [0.2, 0.25) is 35.4 Å². The molecule has 0 saturated heterocycles. The normalized spacial score (nSPS) is 9.66. The zero-order valence-electron chi connectivity index (χ0n) is 70.0. The van der Waals surface area contributed by atoms with Gasteiger partial charge in [-0.3, -0.25) is 58.1 Å². The lowest BCUT2D eigenvalue weighted by molar-refractivity contribution is -0.151. The molecule has 10 amide bonds. The lowest BCUT2D eigenvalue weighted by atomic mass is 10.1. The van der Waals surface area contributed by atoms with Crippen molar-refractivity contribution in [1.82, 2.24) is 53.2 Å². The summed E-state index contributed by atoms with van der Waals surface area (Å²) in [5.74, 6) is -7.36. The average molecular weight is 1870 g/mol. The van der Waals surface area contributed by atoms with E-state index in [0.717, 1.165) is 55.6 Å². The van der Waals surface area contributed by atoms with Crippen molar-refractivity contribution in [3.05, 3.63) is 147 Å². The van der Waals surface area contributed by atoms with E-state index in [0.29, 0.717) is 60.5 Å². The SMILES string of the molecule is C=C(C)C(=O)NCC(CNC(=O)C(=C)C)OCC(=O)NC(N)=S.C=C(C)C(=O)OCCCCCC(=O)NC(N)=S.C=C(C)C(=O)OCCOC(=O)CCC(=O)NC(N)=S.C=C(C)C(=O)OCCOCCCc1ccc(C(=O)NC(N)=S)cc1.C=CC(=O)NCC(CNC(=O)C=C)OCC(=O)NC(N)=S.C=CC(=O)OCC(COC(=O)C=C)OCC(=O)NC(N)=S. The van der Waals surface area contributed by atoms with Gasteiger partial charge in [0.1, 0.15) is 59.0 Å². The maximum absolute atomic E-state index is 11.7. The highest BCUT2D eigenvalue weighted by Crippen LogP contribution is 2.09. The van der Waals surface area contributed by atoms with Gasteiger partial charge < -0.3 is 130 Å². The minimum absolute atomic E-state index is 0.00890. The van der Waals surface area contributed by atoms with Crippen LogP contribution in [0.1, 0.15) is 95.5 Å².